The molecule has 3 heteroatoms. The van der Waals surface area contributed by atoms with Crippen molar-refractivity contribution in [2.24, 2.45) is 5.92 Å². The van der Waals surface area contributed by atoms with Gasteiger partial charge in [-0.05, 0) is 31.2 Å². The van der Waals surface area contributed by atoms with Crippen LogP contribution < -0.4 is 0 Å². The van der Waals surface area contributed by atoms with Gasteiger partial charge in [0.15, 0.2) is 0 Å². The first-order valence-electron chi connectivity index (χ1n) is 8.55. The number of hydrogen-bond acceptors (Lipinski definition) is 3. The average Bonchev–Trinajstić information content (AvgIpc) is 2.50. The van der Waals surface area contributed by atoms with Crippen LogP contribution in [0.2, 0.25) is 0 Å². The summed E-state index contributed by atoms with van der Waals surface area (Å²) in [5, 5.41) is 0. The highest BCUT2D eigenvalue weighted by atomic mass is 16.5. The number of ether oxygens (including phenoxy) is 2. The van der Waals surface area contributed by atoms with E-state index in [0.717, 1.165) is 39.1 Å². The molecule has 2 rings (SSSR count). The van der Waals surface area contributed by atoms with E-state index in [0.29, 0.717) is 19.1 Å². The second kappa shape index (κ2) is 8.66. The van der Waals surface area contributed by atoms with Gasteiger partial charge in [0.05, 0.1) is 18.8 Å². The van der Waals surface area contributed by atoms with Crippen molar-refractivity contribution in [2.75, 3.05) is 32.9 Å². The van der Waals surface area contributed by atoms with Crippen molar-refractivity contribution in [1.29, 1.82) is 0 Å². The molecular weight excluding hydrogens is 274 g/mol. The summed E-state index contributed by atoms with van der Waals surface area (Å²) in [4.78, 5) is 2.52. The third-order valence-electron chi connectivity index (χ3n) is 4.29. The maximum atomic E-state index is 6.10. The molecule has 0 aliphatic carbocycles. The number of nitrogens with zero attached hydrogens (tertiary/aromatic N) is 1. The Morgan fingerprint density at radius 3 is 2.41 bits per heavy atom. The Hall–Kier alpha value is -0.900. The van der Waals surface area contributed by atoms with Crippen molar-refractivity contribution in [3.8, 4) is 0 Å². The Bertz CT molecular complexity index is 411. The molecule has 3 nitrogen and oxygen atoms in total. The first kappa shape index (κ1) is 17.5. The molecule has 0 N–H and O–H groups in total. The van der Waals surface area contributed by atoms with Gasteiger partial charge in [-0.2, -0.15) is 0 Å². The predicted molar refractivity (Wildman–Crippen MR) is 91.0 cm³/mol. The second-order valence-corrected chi connectivity index (χ2v) is 7.03. The molecule has 1 aliphatic heterocycles. The van der Waals surface area contributed by atoms with Crippen molar-refractivity contribution in [3.05, 3.63) is 35.9 Å². The van der Waals surface area contributed by atoms with Crippen LogP contribution in [0.25, 0.3) is 0 Å². The number of benzene rings is 1. The lowest BCUT2D eigenvalue weighted by Crippen LogP contribution is -2.44. The summed E-state index contributed by atoms with van der Waals surface area (Å²) in [6.45, 7) is 12.1. The Morgan fingerprint density at radius 1 is 1.09 bits per heavy atom. The van der Waals surface area contributed by atoms with E-state index in [1.165, 1.54) is 5.56 Å². The minimum Gasteiger partial charge on any atom is -0.379 e. The molecule has 1 aromatic carbocycles. The van der Waals surface area contributed by atoms with E-state index < -0.39 is 0 Å². The zero-order valence-corrected chi connectivity index (χ0v) is 14.4. The van der Waals surface area contributed by atoms with Gasteiger partial charge in [0, 0.05) is 26.2 Å². The summed E-state index contributed by atoms with van der Waals surface area (Å²) in [7, 11) is 0. The third-order valence-corrected chi connectivity index (χ3v) is 4.29. The van der Waals surface area contributed by atoms with Gasteiger partial charge >= 0.3 is 0 Å². The lowest BCUT2D eigenvalue weighted by atomic mass is 9.93. The summed E-state index contributed by atoms with van der Waals surface area (Å²) in [5.74, 6) is 0.594. The zero-order chi connectivity index (χ0) is 15.8. The van der Waals surface area contributed by atoms with E-state index >= 15 is 0 Å². The standard InChI is InChI=1S/C19H31NO2/c1-17(2)16-21-13-14-22-19(3)9-11-20(12-10-19)15-18-7-5-4-6-8-18/h4-8,17H,9-16H2,1-3H3. The van der Waals surface area contributed by atoms with Crippen LogP contribution in [0.1, 0.15) is 39.2 Å². The molecule has 124 valence electrons. The van der Waals surface area contributed by atoms with Gasteiger partial charge in [-0.1, -0.05) is 44.2 Å². The van der Waals surface area contributed by atoms with Gasteiger partial charge in [0.1, 0.15) is 0 Å². The quantitative estimate of drug-likeness (QED) is 0.683. The molecule has 22 heavy (non-hydrogen) atoms. The van der Waals surface area contributed by atoms with Crippen molar-refractivity contribution < 1.29 is 9.47 Å². The average molecular weight is 305 g/mol. The highest BCUT2D eigenvalue weighted by Crippen LogP contribution is 2.26. The van der Waals surface area contributed by atoms with Crippen LogP contribution in [0.5, 0.6) is 0 Å². The molecule has 0 amide bonds. The number of likely N-dealkylation sites (tertiary alicyclic amines) is 1. The summed E-state index contributed by atoms with van der Waals surface area (Å²) in [5.41, 5.74) is 1.42. The van der Waals surface area contributed by atoms with Crippen LogP contribution in [0.15, 0.2) is 30.3 Å². The normalized spacial score (nSPS) is 18.7. The Kier molecular flexibility index (Phi) is 6.87. The molecule has 0 aromatic heterocycles. The monoisotopic (exact) mass is 305 g/mol. The predicted octanol–water partition coefficient (Wildman–Crippen LogP) is 3.73. The fourth-order valence-electron chi connectivity index (χ4n) is 2.84. The second-order valence-electron chi connectivity index (χ2n) is 7.03. The van der Waals surface area contributed by atoms with Crippen LogP contribution in [0, 0.1) is 5.92 Å². The highest BCUT2D eigenvalue weighted by molar-refractivity contribution is 5.14. The van der Waals surface area contributed by atoms with Gasteiger partial charge in [0.2, 0.25) is 0 Å². The zero-order valence-electron chi connectivity index (χ0n) is 14.4. The van der Waals surface area contributed by atoms with Crippen LogP contribution >= 0.6 is 0 Å². The molecule has 1 fully saturated rings. The molecular formula is C19H31NO2. The molecule has 1 aliphatic rings. The first-order chi connectivity index (χ1) is 10.6. The van der Waals surface area contributed by atoms with Crippen molar-refractivity contribution >= 4 is 0 Å². The van der Waals surface area contributed by atoms with E-state index in [-0.39, 0.29) is 5.60 Å². The van der Waals surface area contributed by atoms with E-state index in [4.69, 9.17) is 9.47 Å². The van der Waals surface area contributed by atoms with E-state index in [2.05, 4.69) is 56.0 Å². The van der Waals surface area contributed by atoms with Gasteiger partial charge in [-0.3, -0.25) is 4.90 Å². The van der Waals surface area contributed by atoms with E-state index in [1.54, 1.807) is 0 Å². The third kappa shape index (κ3) is 6.07. The summed E-state index contributed by atoms with van der Waals surface area (Å²) in [6, 6.07) is 10.7. The maximum absolute atomic E-state index is 6.10. The molecule has 0 saturated carbocycles. The van der Waals surface area contributed by atoms with Gasteiger partial charge in [0.25, 0.3) is 0 Å². The van der Waals surface area contributed by atoms with Gasteiger partial charge in [-0.25, -0.2) is 0 Å². The van der Waals surface area contributed by atoms with Crippen molar-refractivity contribution in [3.63, 3.8) is 0 Å². The van der Waals surface area contributed by atoms with Crippen LogP contribution in [-0.4, -0.2) is 43.4 Å². The van der Waals surface area contributed by atoms with Crippen LogP contribution in [0.4, 0.5) is 0 Å². The molecule has 1 aromatic rings. The number of hydrogen-bond donors (Lipinski definition) is 0. The lowest BCUT2D eigenvalue weighted by molar-refractivity contribution is -0.0896. The largest absolute Gasteiger partial charge is 0.379 e. The van der Waals surface area contributed by atoms with E-state index in [1.807, 2.05) is 0 Å². The van der Waals surface area contributed by atoms with Crippen molar-refractivity contribution in [2.45, 2.75) is 45.8 Å². The highest BCUT2D eigenvalue weighted by Gasteiger charge is 2.30. The van der Waals surface area contributed by atoms with Crippen LogP contribution in [0.3, 0.4) is 0 Å². The van der Waals surface area contributed by atoms with Crippen LogP contribution in [-0.2, 0) is 16.0 Å². The van der Waals surface area contributed by atoms with Crippen molar-refractivity contribution in [1.82, 2.24) is 4.90 Å². The summed E-state index contributed by atoms with van der Waals surface area (Å²) >= 11 is 0. The number of rotatable bonds is 8. The molecule has 0 unspecified atom stereocenters. The SMILES string of the molecule is CC(C)COCCOC1(C)CCN(Cc2ccccc2)CC1. The Balaban J connectivity index is 1.65. The van der Waals surface area contributed by atoms with Gasteiger partial charge in [-0.15, -0.1) is 0 Å². The lowest BCUT2D eigenvalue weighted by Gasteiger charge is -2.39. The first-order valence-corrected chi connectivity index (χ1v) is 8.55. The molecule has 0 spiro atoms. The minimum atomic E-state index is 0.0222. The van der Waals surface area contributed by atoms with E-state index in [9.17, 15) is 0 Å². The minimum absolute atomic E-state index is 0.0222. The summed E-state index contributed by atoms with van der Waals surface area (Å²) in [6.07, 6.45) is 2.20. The molecule has 0 bridgehead atoms. The Morgan fingerprint density at radius 2 is 1.77 bits per heavy atom. The number of piperidine rings is 1. The Labute approximate surface area is 135 Å². The maximum Gasteiger partial charge on any atom is 0.0707 e. The molecule has 0 radical (unpaired) electrons. The smallest absolute Gasteiger partial charge is 0.0707 e. The molecule has 1 saturated heterocycles. The van der Waals surface area contributed by atoms with Gasteiger partial charge < -0.3 is 9.47 Å². The fourth-order valence-corrected chi connectivity index (χ4v) is 2.84. The fraction of sp³-hybridized carbons (Fsp3) is 0.684. The topological polar surface area (TPSA) is 21.7 Å². The molecule has 0 atom stereocenters. The summed E-state index contributed by atoms with van der Waals surface area (Å²) < 4.78 is 11.7. The molecule has 1 heterocycles.